The zero-order chi connectivity index (χ0) is 15.2. The second kappa shape index (κ2) is 7.10. The maximum Gasteiger partial charge on any atom is 0.173 e. The Bertz CT molecular complexity index is 642. The summed E-state index contributed by atoms with van der Waals surface area (Å²) in [4.78, 5) is 0. The molecule has 0 aromatic heterocycles. The van der Waals surface area contributed by atoms with E-state index in [0.29, 0.717) is 23.5 Å². The van der Waals surface area contributed by atoms with Gasteiger partial charge in [-0.3, -0.25) is 0 Å². The first-order valence-corrected chi connectivity index (χ1v) is 7.08. The molecule has 2 rings (SSSR count). The molecule has 2 aromatic carbocycles. The van der Waals surface area contributed by atoms with Gasteiger partial charge in [-0.2, -0.15) is 0 Å². The number of amidine groups is 1. The molecule has 0 bridgehead atoms. The van der Waals surface area contributed by atoms with E-state index in [0.717, 1.165) is 10.0 Å². The maximum atomic E-state index is 8.89. The molecule has 21 heavy (non-hydrogen) atoms. The molecule has 0 saturated heterocycles. The van der Waals surface area contributed by atoms with Crippen LogP contribution in [0, 0.1) is 0 Å². The molecular weight excluding hydrogens is 336 g/mol. The van der Waals surface area contributed by atoms with Crippen LogP contribution in [0.5, 0.6) is 11.5 Å². The Labute approximate surface area is 130 Å². The van der Waals surface area contributed by atoms with Crippen molar-refractivity contribution >= 4 is 21.8 Å². The van der Waals surface area contributed by atoms with Gasteiger partial charge >= 0.3 is 0 Å². The molecule has 0 amide bonds. The van der Waals surface area contributed by atoms with Crippen molar-refractivity contribution in [3.8, 4) is 11.5 Å². The Balaban J connectivity index is 2.28. The predicted octanol–water partition coefficient (Wildman–Crippen LogP) is 2.87. The summed E-state index contributed by atoms with van der Waals surface area (Å²) in [6.07, 6.45) is 0.604. The Hall–Kier alpha value is -2.05. The number of halogens is 1. The van der Waals surface area contributed by atoms with Crippen molar-refractivity contribution < 1.29 is 15.1 Å². The first-order chi connectivity index (χ1) is 10.1. The van der Waals surface area contributed by atoms with Gasteiger partial charge < -0.3 is 20.8 Å². The molecule has 2 aromatic rings. The molecule has 0 unspecified atom stereocenters. The third-order valence-electron chi connectivity index (χ3n) is 2.88. The van der Waals surface area contributed by atoms with Gasteiger partial charge in [-0.1, -0.05) is 33.2 Å². The zero-order valence-corrected chi connectivity index (χ0v) is 12.7. The number of rotatable bonds is 5. The van der Waals surface area contributed by atoms with E-state index < -0.39 is 0 Å². The zero-order valence-electron chi connectivity index (χ0n) is 11.2. The number of aliphatic hydroxyl groups excluding tert-OH is 1. The minimum atomic E-state index is -0.0191. The molecule has 0 radical (unpaired) electrons. The topological polar surface area (TPSA) is 88.1 Å². The molecule has 0 spiro atoms. The van der Waals surface area contributed by atoms with Crippen LogP contribution in [-0.4, -0.2) is 22.8 Å². The second-order valence-corrected chi connectivity index (χ2v) is 5.26. The van der Waals surface area contributed by atoms with Gasteiger partial charge in [-0.05, 0) is 42.3 Å². The minimum Gasteiger partial charge on any atom is -0.457 e. The fourth-order valence-corrected chi connectivity index (χ4v) is 2.17. The highest BCUT2D eigenvalue weighted by Crippen LogP contribution is 2.28. The van der Waals surface area contributed by atoms with E-state index in [-0.39, 0.29) is 12.4 Å². The summed E-state index contributed by atoms with van der Waals surface area (Å²) in [5.41, 5.74) is 7.16. The number of nitrogens with zero attached hydrogens (tertiary/aromatic N) is 1. The van der Waals surface area contributed by atoms with E-state index in [1.807, 2.05) is 24.3 Å². The number of aliphatic hydroxyl groups is 1. The fourth-order valence-electron chi connectivity index (χ4n) is 1.83. The van der Waals surface area contributed by atoms with Crippen molar-refractivity contribution in [1.29, 1.82) is 0 Å². The third-order valence-corrected chi connectivity index (χ3v) is 3.37. The largest absolute Gasteiger partial charge is 0.457 e. The standard InChI is InChI=1S/C15H15BrN2O3/c16-11-3-6-13(15(17)18-20)14(9-11)21-12-4-1-10(2-5-12)7-8-19/h1-6,9,19-20H,7-8H2,(H2,17,18). The minimum absolute atomic E-state index is 0.0191. The predicted molar refractivity (Wildman–Crippen MR) is 84.0 cm³/mol. The van der Waals surface area contributed by atoms with Gasteiger partial charge in [0.05, 0.1) is 5.56 Å². The Kier molecular flexibility index (Phi) is 5.19. The van der Waals surface area contributed by atoms with Crippen LogP contribution in [0.4, 0.5) is 0 Å². The monoisotopic (exact) mass is 350 g/mol. The summed E-state index contributed by atoms with van der Waals surface area (Å²) in [5, 5.41) is 20.7. The Morgan fingerprint density at radius 3 is 2.52 bits per heavy atom. The quantitative estimate of drug-likeness (QED) is 0.335. The number of oxime groups is 1. The lowest BCUT2D eigenvalue weighted by atomic mass is 10.1. The van der Waals surface area contributed by atoms with E-state index in [1.165, 1.54) is 0 Å². The average Bonchev–Trinajstić information content (AvgIpc) is 2.49. The molecular formula is C15H15BrN2O3. The number of ether oxygens (including phenoxy) is 1. The molecule has 0 atom stereocenters. The molecule has 4 N–H and O–H groups in total. The van der Waals surface area contributed by atoms with Gasteiger partial charge in [0, 0.05) is 11.1 Å². The van der Waals surface area contributed by atoms with Crippen molar-refractivity contribution in [2.45, 2.75) is 6.42 Å². The summed E-state index contributed by atoms with van der Waals surface area (Å²) < 4.78 is 6.61. The second-order valence-electron chi connectivity index (χ2n) is 4.35. The maximum absolute atomic E-state index is 8.89. The summed E-state index contributed by atoms with van der Waals surface area (Å²) >= 11 is 3.36. The highest BCUT2D eigenvalue weighted by atomic mass is 79.9. The Morgan fingerprint density at radius 2 is 1.90 bits per heavy atom. The molecule has 0 aliphatic heterocycles. The molecule has 0 aliphatic rings. The van der Waals surface area contributed by atoms with Crippen molar-refractivity contribution in [2.24, 2.45) is 10.9 Å². The van der Waals surface area contributed by atoms with Gasteiger partial charge in [0.2, 0.25) is 0 Å². The van der Waals surface area contributed by atoms with Crippen LogP contribution in [0.3, 0.4) is 0 Å². The van der Waals surface area contributed by atoms with Crippen molar-refractivity contribution in [1.82, 2.24) is 0 Å². The lowest BCUT2D eigenvalue weighted by Crippen LogP contribution is -2.14. The molecule has 0 saturated carbocycles. The number of benzene rings is 2. The van der Waals surface area contributed by atoms with E-state index in [4.69, 9.17) is 20.8 Å². The molecule has 110 valence electrons. The molecule has 0 fully saturated rings. The fraction of sp³-hybridized carbons (Fsp3) is 0.133. The van der Waals surface area contributed by atoms with Crippen LogP contribution < -0.4 is 10.5 Å². The third kappa shape index (κ3) is 3.96. The van der Waals surface area contributed by atoms with Crippen LogP contribution in [0.15, 0.2) is 52.1 Å². The first kappa shape index (κ1) is 15.3. The van der Waals surface area contributed by atoms with Crippen molar-refractivity contribution in [3.63, 3.8) is 0 Å². The summed E-state index contributed by atoms with van der Waals surface area (Å²) in [6, 6.07) is 12.6. The van der Waals surface area contributed by atoms with Gasteiger partial charge in [-0.25, -0.2) is 0 Å². The smallest absolute Gasteiger partial charge is 0.173 e. The van der Waals surface area contributed by atoms with Crippen LogP contribution in [0.2, 0.25) is 0 Å². The normalized spacial score (nSPS) is 11.4. The van der Waals surface area contributed by atoms with Gasteiger partial charge in [0.25, 0.3) is 0 Å². The Morgan fingerprint density at radius 1 is 1.19 bits per heavy atom. The highest BCUT2D eigenvalue weighted by Gasteiger charge is 2.10. The van der Waals surface area contributed by atoms with Crippen LogP contribution in [0.1, 0.15) is 11.1 Å². The SMILES string of the molecule is N/C(=N/O)c1ccc(Br)cc1Oc1ccc(CCO)cc1. The lowest BCUT2D eigenvalue weighted by Gasteiger charge is -2.11. The van der Waals surface area contributed by atoms with Crippen LogP contribution >= 0.6 is 15.9 Å². The first-order valence-electron chi connectivity index (χ1n) is 6.29. The average molecular weight is 351 g/mol. The number of hydrogen-bond donors (Lipinski definition) is 3. The molecule has 0 heterocycles. The summed E-state index contributed by atoms with van der Waals surface area (Å²) in [7, 11) is 0. The number of nitrogens with two attached hydrogens (primary N) is 1. The van der Waals surface area contributed by atoms with Gasteiger partial charge in [-0.15, -0.1) is 0 Å². The summed E-state index contributed by atoms with van der Waals surface area (Å²) in [5.74, 6) is 1.09. The molecule has 5 nitrogen and oxygen atoms in total. The van der Waals surface area contributed by atoms with E-state index in [1.54, 1.807) is 18.2 Å². The van der Waals surface area contributed by atoms with E-state index >= 15 is 0 Å². The highest BCUT2D eigenvalue weighted by molar-refractivity contribution is 9.10. The van der Waals surface area contributed by atoms with Crippen LogP contribution in [0.25, 0.3) is 0 Å². The van der Waals surface area contributed by atoms with Gasteiger partial charge in [0.1, 0.15) is 11.5 Å². The van der Waals surface area contributed by atoms with E-state index in [2.05, 4.69) is 21.1 Å². The summed E-state index contributed by atoms with van der Waals surface area (Å²) in [6.45, 7) is 0.111. The van der Waals surface area contributed by atoms with Gasteiger partial charge in [0.15, 0.2) is 5.84 Å². The molecule has 6 heteroatoms. The number of hydrogen-bond acceptors (Lipinski definition) is 4. The van der Waals surface area contributed by atoms with Crippen molar-refractivity contribution in [3.05, 3.63) is 58.1 Å². The lowest BCUT2D eigenvalue weighted by molar-refractivity contribution is 0.299. The van der Waals surface area contributed by atoms with Crippen molar-refractivity contribution in [2.75, 3.05) is 6.61 Å². The van der Waals surface area contributed by atoms with Crippen LogP contribution in [-0.2, 0) is 6.42 Å². The molecule has 0 aliphatic carbocycles. The van der Waals surface area contributed by atoms with E-state index in [9.17, 15) is 0 Å².